The molecule has 0 radical (unpaired) electrons. The van der Waals surface area contributed by atoms with E-state index < -0.39 is 44.0 Å². The Kier molecular flexibility index (Phi) is 13.5. The van der Waals surface area contributed by atoms with Gasteiger partial charge in [0.05, 0.1) is 30.8 Å². The molecule has 0 unspecified atom stereocenters. The van der Waals surface area contributed by atoms with Gasteiger partial charge in [0.1, 0.15) is 21.6 Å². The van der Waals surface area contributed by atoms with Gasteiger partial charge in [0, 0.05) is 19.3 Å². The van der Waals surface area contributed by atoms with Gasteiger partial charge >= 0.3 is 0 Å². The maximum absolute atomic E-state index is 13.4. The predicted molar refractivity (Wildman–Crippen MR) is 157 cm³/mol. The maximum Gasteiger partial charge on any atom is 0.238 e. The zero-order chi connectivity index (χ0) is 29.8. The highest BCUT2D eigenvalue weighted by Gasteiger charge is 2.29. The number of methoxy groups -OCH3 is 1. The van der Waals surface area contributed by atoms with Crippen molar-refractivity contribution in [3.05, 3.63) is 65.7 Å². The van der Waals surface area contributed by atoms with Gasteiger partial charge in [-0.1, -0.05) is 56.3 Å². The number of amides is 1. The first-order chi connectivity index (χ1) is 18.8. The van der Waals surface area contributed by atoms with Gasteiger partial charge in [-0.25, -0.2) is 21.6 Å². The Bertz CT molecular complexity index is 1270. The van der Waals surface area contributed by atoms with Crippen LogP contribution < -0.4 is 20.1 Å². The summed E-state index contributed by atoms with van der Waals surface area (Å²) in [6, 6.07) is 14.7. The molecule has 0 fully saturated rings. The molecule has 2 rings (SSSR count). The minimum atomic E-state index is -3.84. The second kappa shape index (κ2) is 16.1. The third-order valence-electron chi connectivity index (χ3n) is 6.29. The average molecular weight is 598 g/mol. The quantitative estimate of drug-likeness (QED) is 0.203. The SMILES string of the molecule is COc1cccc(CNC[C@H](O)[C@H](Cc2ccccc2)NC(=O)[C@H](CCS(C)(=O)=O)NS(=O)(=O)CCC(C)C)c1. The van der Waals surface area contributed by atoms with E-state index in [1.165, 1.54) is 0 Å². The number of sulfone groups is 1. The van der Waals surface area contributed by atoms with Crippen LogP contribution in [0.5, 0.6) is 5.75 Å². The van der Waals surface area contributed by atoms with Crippen LogP contribution in [0.15, 0.2) is 54.6 Å². The van der Waals surface area contributed by atoms with Crippen LogP contribution in [0.2, 0.25) is 0 Å². The van der Waals surface area contributed by atoms with Crippen molar-refractivity contribution in [3.8, 4) is 5.75 Å². The lowest BCUT2D eigenvalue weighted by Crippen LogP contribution is -2.55. The highest BCUT2D eigenvalue weighted by molar-refractivity contribution is 7.90. The fraction of sp³-hybridized carbons (Fsp3) is 0.536. The first-order valence-electron chi connectivity index (χ1n) is 13.3. The number of benzene rings is 2. The van der Waals surface area contributed by atoms with E-state index in [4.69, 9.17) is 4.74 Å². The minimum absolute atomic E-state index is 0.134. The van der Waals surface area contributed by atoms with Crippen molar-refractivity contribution in [2.75, 3.05) is 31.4 Å². The largest absolute Gasteiger partial charge is 0.497 e. The lowest BCUT2D eigenvalue weighted by atomic mass is 10.00. The molecule has 4 N–H and O–H groups in total. The lowest BCUT2D eigenvalue weighted by Gasteiger charge is -2.27. The molecule has 10 nitrogen and oxygen atoms in total. The summed E-state index contributed by atoms with van der Waals surface area (Å²) >= 11 is 0. The monoisotopic (exact) mass is 597 g/mol. The van der Waals surface area contributed by atoms with Crippen LogP contribution in [0.3, 0.4) is 0 Å². The summed E-state index contributed by atoms with van der Waals surface area (Å²) in [6.45, 7) is 4.37. The van der Waals surface area contributed by atoms with Gasteiger partial charge < -0.3 is 20.5 Å². The van der Waals surface area contributed by atoms with E-state index in [1.807, 2.05) is 68.4 Å². The molecule has 0 spiro atoms. The molecular weight excluding hydrogens is 554 g/mol. The van der Waals surface area contributed by atoms with Gasteiger partial charge in [-0.05, 0) is 48.4 Å². The molecule has 224 valence electrons. The van der Waals surface area contributed by atoms with Gasteiger partial charge in [-0.2, -0.15) is 0 Å². The molecule has 3 atom stereocenters. The number of rotatable bonds is 18. The number of carbonyl (C=O) groups is 1. The molecule has 0 aliphatic rings. The Morgan fingerprint density at radius 3 is 2.25 bits per heavy atom. The number of ether oxygens (including phenoxy) is 1. The Morgan fingerprint density at radius 2 is 1.62 bits per heavy atom. The van der Waals surface area contributed by atoms with Crippen molar-refractivity contribution in [2.45, 2.75) is 57.8 Å². The summed E-state index contributed by atoms with van der Waals surface area (Å²) in [5.74, 6) is -0.395. The third kappa shape index (κ3) is 13.2. The summed E-state index contributed by atoms with van der Waals surface area (Å²) in [5, 5.41) is 17.0. The Balaban J connectivity index is 2.18. The summed E-state index contributed by atoms with van der Waals surface area (Å²) in [7, 11) is -5.71. The highest BCUT2D eigenvalue weighted by Crippen LogP contribution is 2.13. The first kappa shape index (κ1) is 33.7. The Hall–Kier alpha value is -2.51. The molecule has 1 amide bonds. The van der Waals surface area contributed by atoms with Gasteiger partial charge in [0.2, 0.25) is 15.9 Å². The zero-order valence-corrected chi connectivity index (χ0v) is 25.3. The lowest BCUT2D eigenvalue weighted by molar-refractivity contribution is -0.124. The van der Waals surface area contributed by atoms with E-state index in [0.29, 0.717) is 18.7 Å². The van der Waals surface area contributed by atoms with Crippen molar-refractivity contribution in [2.24, 2.45) is 5.92 Å². The minimum Gasteiger partial charge on any atom is -0.497 e. The smallest absolute Gasteiger partial charge is 0.238 e. The number of hydrogen-bond donors (Lipinski definition) is 4. The number of sulfonamides is 1. The fourth-order valence-corrected chi connectivity index (χ4v) is 6.19. The van der Waals surface area contributed by atoms with Crippen LogP contribution in [0, 0.1) is 5.92 Å². The van der Waals surface area contributed by atoms with Crippen molar-refractivity contribution < 1.29 is 31.5 Å². The molecule has 0 bridgehead atoms. The van der Waals surface area contributed by atoms with E-state index in [1.54, 1.807) is 7.11 Å². The van der Waals surface area contributed by atoms with Crippen molar-refractivity contribution >= 4 is 25.8 Å². The average Bonchev–Trinajstić information content (AvgIpc) is 2.89. The number of aliphatic hydroxyl groups is 1. The van der Waals surface area contributed by atoms with E-state index >= 15 is 0 Å². The standard InChI is InChI=1S/C28H43N3O7S2/c1-21(2)13-16-40(36,37)31-25(14-15-39(4,34)35)28(33)30-26(18-22-9-6-5-7-10-22)27(32)20-29-19-23-11-8-12-24(17-23)38-3/h5-12,17,21,25-27,29,31-32H,13-16,18-20H2,1-4H3,(H,30,33)/t25-,26-,27-/m0/s1. The van der Waals surface area contributed by atoms with Crippen molar-refractivity contribution in [1.29, 1.82) is 0 Å². The second-order valence-electron chi connectivity index (χ2n) is 10.4. The van der Waals surface area contributed by atoms with Crippen LogP contribution in [-0.4, -0.2) is 77.5 Å². The third-order valence-corrected chi connectivity index (χ3v) is 8.68. The highest BCUT2D eigenvalue weighted by atomic mass is 32.2. The molecule has 40 heavy (non-hydrogen) atoms. The molecule has 0 heterocycles. The summed E-state index contributed by atoms with van der Waals surface area (Å²) in [6.07, 6.45) is 0.458. The topological polar surface area (TPSA) is 151 Å². The molecule has 0 saturated carbocycles. The van der Waals surface area contributed by atoms with Crippen LogP contribution in [0.4, 0.5) is 0 Å². The van der Waals surface area contributed by atoms with Crippen LogP contribution >= 0.6 is 0 Å². The van der Waals surface area contributed by atoms with Crippen LogP contribution in [0.25, 0.3) is 0 Å². The Morgan fingerprint density at radius 1 is 0.950 bits per heavy atom. The van der Waals surface area contributed by atoms with E-state index in [2.05, 4.69) is 15.4 Å². The number of hydrogen-bond acceptors (Lipinski definition) is 8. The second-order valence-corrected chi connectivity index (χ2v) is 14.6. The maximum atomic E-state index is 13.4. The molecular formula is C28H43N3O7S2. The fourth-order valence-electron chi connectivity index (χ4n) is 3.97. The number of carbonyl (C=O) groups excluding carboxylic acids is 1. The summed E-state index contributed by atoms with van der Waals surface area (Å²) in [4.78, 5) is 13.4. The number of aliphatic hydroxyl groups excluding tert-OH is 1. The molecule has 0 aliphatic heterocycles. The molecule has 2 aromatic rings. The molecule has 0 saturated heterocycles. The summed E-state index contributed by atoms with van der Waals surface area (Å²) < 4.78 is 56.7. The normalized spacial score (nSPS) is 14.4. The van der Waals surface area contributed by atoms with E-state index in [-0.39, 0.29) is 36.8 Å². The van der Waals surface area contributed by atoms with Gasteiger partial charge in [-0.15, -0.1) is 0 Å². The summed E-state index contributed by atoms with van der Waals surface area (Å²) in [5.41, 5.74) is 1.82. The van der Waals surface area contributed by atoms with Gasteiger partial charge in [-0.3, -0.25) is 4.79 Å². The van der Waals surface area contributed by atoms with E-state index in [9.17, 15) is 26.7 Å². The predicted octanol–water partition coefficient (Wildman–Crippen LogP) is 1.64. The molecule has 0 aromatic heterocycles. The molecule has 2 aromatic carbocycles. The van der Waals surface area contributed by atoms with Crippen LogP contribution in [-0.2, 0) is 37.6 Å². The molecule has 0 aliphatic carbocycles. The molecule has 12 heteroatoms. The Labute approximate surface area is 238 Å². The van der Waals surface area contributed by atoms with E-state index in [0.717, 1.165) is 17.4 Å². The van der Waals surface area contributed by atoms with Crippen LogP contribution in [0.1, 0.15) is 37.8 Å². The van der Waals surface area contributed by atoms with Gasteiger partial charge in [0.25, 0.3) is 0 Å². The van der Waals surface area contributed by atoms with Gasteiger partial charge in [0.15, 0.2) is 0 Å². The number of nitrogens with one attached hydrogen (secondary N) is 3. The first-order valence-corrected chi connectivity index (χ1v) is 17.0. The van der Waals surface area contributed by atoms with Crippen molar-refractivity contribution in [3.63, 3.8) is 0 Å². The van der Waals surface area contributed by atoms with Crippen molar-refractivity contribution in [1.82, 2.24) is 15.4 Å². The zero-order valence-electron chi connectivity index (χ0n) is 23.7.